The van der Waals surface area contributed by atoms with Crippen LogP contribution in [0.15, 0.2) is 48.5 Å². The maximum absolute atomic E-state index is 5.86. The number of benzene rings is 2. The Morgan fingerprint density at radius 3 is 1.39 bits per heavy atom. The fourth-order valence-corrected chi connectivity index (χ4v) is 4.45. The van der Waals surface area contributed by atoms with Gasteiger partial charge in [-0.05, 0) is 73.0 Å². The van der Waals surface area contributed by atoms with Gasteiger partial charge in [0.05, 0.1) is 0 Å². The van der Waals surface area contributed by atoms with E-state index < -0.39 is 0 Å². The Balaban J connectivity index is 1.45. The summed E-state index contributed by atoms with van der Waals surface area (Å²) in [6, 6.07) is 14.8. The molecular weight excluding hydrogens is 471 g/mol. The zero-order chi connectivity index (χ0) is 20.2. The molecule has 2 aromatic carbocycles. The molecule has 0 heterocycles. The maximum atomic E-state index is 5.86. The second kappa shape index (κ2) is 13.3. The van der Waals surface area contributed by atoms with Crippen molar-refractivity contribution in [3.63, 3.8) is 0 Å². The van der Waals surface area contributed by atoms with Crippen LogP contribution >= 0.6 is 69.2 Å². The third kappa shape index (κ3) is 10.0. The van der Waals surface area contributed by atoms with Crippen molar-refractivity contribution >= 4 is 90.8 Å². The second-order valence-corrected chi connectivity index (χ2v) is 9.81. The van der Waals surface area contributed by atoms with Crippen LogP contribution in [-0.2, 0) is 0 Å². The lowest BCUT2D eigenvalue weighted by molar-refractivity contribution is 0.990. The number of hydrogen-bond donors (Lipinski definition) is 4. The summed E-state index contributed by atoms with van der Waals surface area (Å²) in [5, 5.41) is 15.2. The van der Waals surface area contributed by atoms with Gasteiger partial charge in [-0.1, -0.05) is 44.8 Å². The van der Waals surface area contributed by atoms with Gasteiger partial charge in [0.25, 0.3) is 0 Å². The van der Waals surface area contributed by atoms with Gasteiger partial charge in [-0.25, -0.2) is 0 Å². The molecule has 0 bridgehead atoms. The molecule has 150 valence electrons. The lowest BCUT2D eigenvalue weighted by atomic mass is 10.3. The van der Waals surface area contributed by atoms with Crippen LogP contribution in [0.4, 0.5) is 11.4 Å². The molecule has 0 saturated carbocycles. The van der Waals surface area contributed by atoms with Gasteiger partial charge in [-0.15, -0.1) is 0 Å². The summed E-state index contributed by atoms with van der Waals surface area (Å²) in [6.45, 7) is 1.59. The third-order valence-electron chi connectivity index (χ3n) is 3.23. The molecule has 10 heteroatoms. The monoisotopic (exact) mass is 490 g/mol. The summed E-state index contributed by atoms with van der Waals surface area (Å²) < 4.78 is 0. The van der Waals surface area contributed by atoms with Crippen LogP contribution in [0.3, 0.4) is 0 Å². The molecule has 28 heavy (non-hydrogen) atoms. The van der Waals surface area contributed by atoms with Crippen molar-refractivity contribution in [2.75, 3.05) is 35.2 Å². The Bertz CT molecular complexity index is 692. The highest BCUT2D eigenvalue weighted by molar-refractivity contribution is 8.76. The zero-order valence-corrected chi connectivity index (χ0v) is 19.6. The van der Waals surface area contributed by atoms with Crippen LogP contribution in [-0.4, -0.2) is 34.8 Å². The van der Waals surface area contributed by atoms with E-state index in [0.717, 1.165) is 36.0 Å². The molecule has 0 radical (unpaired) electrons. The smallest absolute Gasteiger partial charge is 0.170 e. The molecule has 0 aliphatic carbocycles. The van der Waals surface area contributed by atoms with E-state index in [0.29, 0.717) is 20.3 Å². The fourth-order valence-electron chi connectivity index (χ4n) is 1.95. The summed E-state index contributed by atoms with van der Waals surface area (Å²) in [5.41, 5.74) is 1.83. The van der Waals surface area contributed by atoms with Gasteiger partial charge in [-0.2, -0.15) is 0 Å². The Labute approximate surface area is 194 Å². The summed E-state index contributed by atoms with van der Waals surface area (Å²) in [7, 11) is 3.58. The average molecular weight is 492 g/mol. The molecule has 0 saturated heterocycles. The largest absolute Gasteiger partial charge is 0.362 e. The summed E-state index contributed by atoms with van der Waals surface area (Å²) >= 11 is 22.3. The molecule has 0 aromatic heterocycles. The van der Waals surface area contributed by atoms with E-state index in [-0.39, 0.29) is 0 Å². The van der Waals surface area contributed by atoms with Crippen molar-refractivity contribution in [1.82, 2.24) is 10.6 Å². The lowest BCUT2D eigenvalue weighted by Gasteiger charge is -2.11. The van der Waals surface area contributed by atoms with E-state index in [1.54, 1.807) is 21.6 Å². The quantitative estimate of drug-likeness (QED) is 0.204. The number of thiocarbonyl (C=S) groups is 2. The van der Waals surface area contributed by atoms with E-state index >= 15 is 0 Å². The molecule has 2 rings (SSSR count). The number of rotatable bonds is 9. The summed E-state index contributed by atoms with van der Waals surface area (Å²) in [6.07, 6.45) is 0. The van der Waals surface area contributed by atoms with Crippen molar-refractivity contribution in [2.24, 2.45) is 0 Å². The molecule has 0 aliphatic rings. The van der Waals surface area contributed by atoms with Crippen LogP contribution in [0.5, 0.6) is 0 Å². The minimum atomic E-state index is 0.605. The van der Waals surface area contributed by atoms with Gasteiger partial charge in [0.1, 0.15) is 0 Å². The van der Waals surface area contributed by atoms with E-state index in [1.807, 2.05) is 48.5 Å². The van der Waals surface area contributed by atoms with Crippen LogP contribution in [0.2, 0.25) is 10.0 Å². The number of nitrogens with one attached hydrogen (secondary N) is 4. The van der Waals surface area contributed by atoms with Crippen molar-refractivity contribution in [3.05, 3.63) is 58.6 Å². The summed E-state index contributed by atoms with van der Waals surface area (Å²) in [4.78, 5) is 0. The lowest BCUT2D eigenvalue weighted by Crippen LogP contribution is -2.30. The van der Waals surface area contributed by atoms with Crippen molar-refractivity contribution in [2.45, 2.75) is 0 Å². The van der Waals surface area contributed by atoms with Crippen LogP contribution < -0.4 is 21.3 Å². The SMILES string of the molecule is S=C(NCCSSCCNC(=S)Nc1ccc(Cl)cc1)Nc1ccc(Cl)cc1. The van der Waals surface area contributed by atoms with Gasteiger partial charge in [-0.3, -0.25) is 0 Å². The average Bonchev–Trinajstić information content (AvgIpc) is 2.67. The number of hydrogen-bond acceptors (Lipinski definition) is 4. The van der Waals surface area contributed by atoms with Crippen molar-refractivity contribution in [3.8, 4) is 0 Å². The Hall–Kier alpha value is -0.900. The number of anilines is 2. The normalized spacial score (nSPS) is 10.2. The molecule has 0 atom stereocenters. The Morgan fingerprint density at radius 1 is 0.679 bits per heavy atom. The van der Waals surface area contributed by atoms with Gasteiger partial charge in [0.2, 0.25) is 0 Å². The van der Waals surface area contributed by atoms with Gasteiger partial charge >= 0.3 is 0 Å². The minimum Gasteiger partial charge on any atom is -0.362 e. The fraction of sp³-hybridized carbons (Fsp3) is 0.222. The molecule has 2 aromatic rings. The molecular formula is C18H20Cl2N4S4. The molecule has 0 fully saturated rings. The molecule has 0 unspecified atom stereocenters. The second-order valence-electron chi connectivity index (χ2n) is 5.42. The van der Waals surface area contributed by atoms with Crippen molar-refractivity contribution < 1.29 is 0 Å². The van der Waals surface area contributed by atoms with Crippen LogP contribution in [0.1, 0.15) is 0 Å². The zero-order valence-electron chi connectivity index (χ0n) is 14.8. The van der Waals surface area contributed by atoms with Crippen LogP contribution in [0.25, 0.3) is 0 Å². The molecule has 0 aliphatic heterocycles. The highest BCUT2D eigenvalue weighted by Gasteiger charge is 1.99. The van der Waals surface area contributed by atoms with Gasteiger partial charge < -0.3 is 21.3 Å². The van der Waals surface area contributed by atoms with E-state index in [2.05, 4.69) is 21.3 Å². The Morgan fingerprint density at radius 2 is 1.04 bits per heavy atom. The third-order valence-corrected chi connectivity index (χ3v) is 6.63. The topological polar surface area (TPSA) is 48.1 Å². The first-order valence-electron chi connectivity index (χ1n) is 8.38. The van der Waals surface area contributed by atoms with Gasteiger partial charge in [0, 0.05) is 46.0 Å². The number of halogens is 2. The maximum Gasteiger partial charge on any atom is 0.170 e. The molecule has 0 spiro atoms. The minimum absolute atomic E-state index is 0.605. The first-order chi connectivity index (χ1) is 13.5. The standard InChI is InChI=1S/C18H20Cl2N4S4/c19-13-1-5-15(6-2-13)23-17(25)21-9-11-27-28-12-10-22-18(26)24-16-7-3-14(20)4-8-16/h1-8H,9-12H2,(H2,21,23,25)(H2,22,24,26). The summed E-state index contributed by atoms with van der Waals surface area (Å²) in [5.74, 6) is 1.89. The van der Waals surface area contributed by atoms with E-state index in [9.17, 15) is 0 Å². The van der Waals surface area contributed by atoms with E-state index in [4.69, 9.17) is 47.6 Å². The predicted molar refractivity (Wildman–Crippen MR) is 136 cm³/mol. The van der Waals surface area contributed by atoms with E-state index in [1.165, 1.54) is 0 Å². The molecule has 0 amide bonds. The highest BCUT2D eigenvalue weighted by Crippen LogP contribution is 2.19. The van der Waals surface area contributed by atoms with Gasteiger partial charge in [0.15, 0.2) is 10.2 Å². The first-order valence-corrected chi connectivity index (χ1v) is 12.4. The Kier molecular flexibility index (Phi) is 11.1. The predicted octanol–water partition coefficient (Wildman–Crippen LogP) is 5.65. The highest BCUT2D eigenvalue weighted by atomic mass is 35.5. The molecule has 4 N–H and O–H groups in total. The first kappa shape index (κ1) is 23.4. The van der Waals surface area contributed by atoms with Crippen LogP contribution in [0, 0.1) is 0 Å². The van der Waals surface area contributed by atoms with Crippen molar-refractivity contribution in [1.29, 1.82) is 0 Å². The molecule has 4 nitrogen and oxygen atoms in total.